The van der Waals surface area contributed by atoms with Gasteiger partial charge in [0.25, 0.3) is 0 Å². The van der Waals surface area contributed by atoms with Crippen LogP contribution in [0.25, 0.3) is 0 Å². The summed E-state index contributed by atoms with van der Waals surface area (Å²) in [6.07, 6.45) is -0.0929. The molecule has 0 aliphatic carbocycles. The molecule has 1 aromatic heterocycles. The summed E-state index contributed by atoms with van der Waals surface area (Å²) in [4.78, 5) is 0. The molecule has 0 bridgehead atoms. The molecule has 7 heteroatoms. The van der Waals surface area contributed by atoms with Gasteiger partial charge in [0.05, 0.1) is 11.8 Å². The topological polar surface area (TPSA) is 42.7 Å². The van der Waals surface area contributed by atoms with Crippen LogP contribution in [-0.4, -0.2) is 21.5 Å². The number of aryl methyl sites for hydroxylation is 1. The van der Waals surface area contributed by atoms with Crippen molar-refractivity contribution in [2.75, 3.05) is 6.54 Å². The Hall–Kier alpha value is -1.89. The second-order valence-corrected chi connectivity index (χ2v) is 4.82. The summed E-state index contributed by atoms with van der Waals surface area (Å²) in [5.74, 6) is 0. The van der Waals surface area contributed by atoms with Gasteiger partial charge >= 0.3 is 6.18 Å². The Kier molecular flexibility index (Phi) is 4.95. The van der Waals surface area contributed by atoms with E-state index in [0.29, 0.717) is 12.1 Å². The number of nitrogens with zero attached hydrogens (tertiary/aromatic N) is 3. The molecule has 1 atom stereocenters. The Morgan fingerprint density at radius 3 is 2.81 bits per heavy atom. The lowest BCUT2D eigenvalue weighted by molar-refractivity contribution is -0.137. The van der Waals surface area contributed by atoms with Gasteiger partial charge in [-0.3, -0.25) is 4.68 Å². The van der Waals surface area contributed by atoms with Gasteiger partial charge in [-0.25, -0.2) is 0 Å². The third-order valence-electron chi connectivity index (χ3n) is 3.20. The molecule has 4 nitrogen and oxygen atoms in total. The molecule has 2 rings (SSSR count). The highest BCUT2D eigenvalue weighted by Crippen LogP contribution is 2.30. The zero-order valence-electron chi connectivity index (χ0n) is 11.6. The smallest absolute Gasteiger partial charge is 0.310 e. The van der Waals surface area contributed by atoms with Crippen LogP contribution < -0.4 is 5.32 Å². The molecule has 2 aromatic rings. The minimum absolute atomic E-state index is 0.136. The number of aromatic nitrogens is 3. The van der Waals surface area contributed by atoms with Gasteiger partial charge in [0.2, 0.25) is 0 Å². The molecule has 0 radical (unpaired) electrons. The van der Waals surface area contributed by atoms with E-state index in [4.69, 9.17) is 0 Å². The zero-order valence-corrected chi connectivity index (χ0v) is 11.6. The maximum atomic E-state index is 12.7. The molecule has 1 unspecified atom stereocenters. The summed E-state index contributed by atoms with van der Waals surface area (Å²) in [5, 5.41) is 10.8. The first-order chi connectivity index (χ1) is 9.97. The second kappa shape index (κ2) is 6.71. The highest BCUT2D eigenvalue weighted by Gasteiger charge is 2.30. The molecule has 114 valence electrons. The van der Waals surface area contributed by atoms with Gasteiger partial charge in [-0.2, -0.15) is 13.2 Å². The van der Waals surface area contributed by atoms with Gasteiger partial charge in [0.15, 0.2) is 0 Å². The van der Waals surface area contributed by atoms with Crippen molar-refractivity contribution in [1.82, 2.24) is 20.3 Å². The first kappa shape index (κ1) is 15.5. The second-order valence-electron chi connectivity index (χ2n) is 4.82. The average molecular weight is 298 g/mol. The number of nitrogens with one attached hydrogen (secondary N) is 1. The van der Waals surface area contributed by atoms with Crippen molar-refractivity contribution in [3.05, 3.63) is 47.8 Å². The Balaban J connectivity index is 1.84. The van der Waals surface area contributed by atoms with E-state index >= 15 is 0 Å². The molecule has 1 heterocycles. The van der Waals surface area contributed by atoms with Crippen LogP contribution in [0.5, 0.6) is 0 Å². The van der Waals surface area contributed by atoms with Crippen molar-refractivity contribution in [1.29, 1.82) is 0 Å². The van der Waals surface area contributed by atoms with E-state index in [9.17, 15) is 13.2 Å². The summed E-state index contributed by atoms with van der Waals surface area (Å²) in [6.45, 7) is 3.27. The minimum Gasteiger partial charge on any atom is -0.310 e. The van der Waals surface area contributed by atoms with Gasteiger partial charge in [0.1, 0.15) is 0 Å². The molecular weight excluding hydrogens is 281 g/mol. The molecule has 0 saturated heterocycles. The Morgan fingerprint density at radius 1 is 1.33 bits per heavy atom. The predicted molar refractivity (Wildman–Crippen MR) is 72.5 cm³/mol. The Morgan fingerprint density at radius 2 is 2.14 bits per heavy atom. The summed E-state index contributed by atoms with van der Waals surface area (Å²) in [5.41, 5.74) is 0.0156. The molecular formula is C14H17F3N4. The van der Waals surface area contributed by atoms with E-state index in [2.05, 4.69) is 15.6 Å². The maximum Gasteiger partial charge on any atom is 0.416 e. The Bertz CT molecular complexity index is 552. The molecule has 0 spiro atoms. The standard InChI is InChI=1S/C14H17F3N4/c1-11(18-6-3-8-21-9-7-19-20-21)12-4-2-5-13(10-12)14(15,16)17/h2,4-5,7,9-11,18H,3,6,8H2,1H3. The molecule has 0 saturated carbocycles. The van der Waals surface area contributed by atoms with Gasteiger partial charge in [-0.1, -0.05) is 17.3 Å². The fraction of sp³-hybridized carbons (Fsp3) is 0.429. The number of hydrogen-bond donors (Lipinski definition) is 1. The lowest BCUT2D eigenvalue weighted by Crippen LogP contribution is -2.21. The summed E-state index contributed by atoms with van der Waals surface area (Å²) in [7, 11) is 0. The van der Waals surface area contributed by atoms with Crippen molar-refractivity contribution in [3.63, 3.8) is 0 Å². The van der Waals surface area contributed by atoms with Crippen LogP contribution >= 0.6 is 0 Å². The molecule has 0 amide bonds. The number of hydrogen-bond acceptors (Lipinski definition) is 3. The predicted octanol–water partition coefficient (Wildman–Crippen LogP) is 3.04. The first-order valence-electron chi connectivity index (χ1n) is 6.71. The van der Waals surface area contributed by atoms with Gasteiger partial charge in [0, 0.05) is 18.8 Å². The quantitative estimate of drug-likeness (QED) is 0.834. The van der Waals surface area contributed by atoms with E-state index in [0.717, 1.165) is 19.0 Å². The van der Waals surface area contributed by atoms with E-state index in [1.165, 1.54) is 12.1 Å². The summed E-state index contributed by atoms with van der Waals surface area (Å²) >= 11 is 0. The first-order valence-corrected chi connectivity index (χ1v) is 6.71. The van der Waals surface area contributed by atoms with Crippen molar-refractivity contribution in [2.45, 2.75) is 32.1 Å². The largest absolute Gasteiger partial charge is 0.416 e. The van der Waals surface area contributed by atoms with Gasteiger partial charge < -0.3 is 5.32 Å². The Labute approximate surface area is 121 Å². The molecule has 21 heavy (non-hydrogen) atoms. The fourth-order valence-corrected chi connectivity index (χ4v) is 2.01. The highest BCUT2D eigenvalue weighted by molar-refractivity contribution is 5.27. The summed E-state index contributed by atoms with van der Waals surface area (Å²) < 4.78 is 39.7. The minimum atomic E-state index is -4.30. The lowest BCUT2D eigenvalue weighted by Gasteiger charge is -2.16. The highest BCUT2D eigenvalue weighted by atomic mass is 19.4. The summed E-state index contributed by atoms with van der Waals surface area (Å²) in [6, 6.07) is 5.27. The van der Waals surface area contributed by atoms with Crippen molar-refractivity contribution < 1.29 is 13.2 Å². The van der Waals surface area contributed by atoms with Crippen LogP contribution in [-0.2, 0) is 12.7 Å². The molecule has 0 aliphatic heterocycles. The number of halogens is 3. The average Bonchev–Trinajstić information content (AvgIpc) is 2.96. The van der Waals surface area contributed by atoms with E-state index in [1.54, 1.807) is 23.1 Å². The van der Waals surface area contributed by atoms with Crippen molar-refractivity contribution >= 4 is 0 Å². The van der Waals surface area contributed by atoms with Crippen LogP contribution in [0.4, 0.5) is 13.2 Å². The van der Waals surface area contributed by atoms with Crippen LogP contribution in [0.2, 0.25) is 0 Å². The molecule has 0 fully saturated rings. The van der Waals surface area contributed by atoms with Crippen molar-refractivity contribution in [3.8, 4) is 0 Å². The number of alkyl halides is 3. The van der Waals surface area contributed by atoms with Gasteiger partial charge in [-0.15, -0.1) is 5.10 Å². The lowest BCUT2D eigenvalue weighted by atomic mass is 10.0. The monoisotopic (exact) mass is 298 g/mol. The zero-order chi connectivity index (χ0) is 15.3. The van der Waals surface area contributed by atoms with Crippen LogP contribution in [0.15, 0.2) is 36.7 Å². The fourth-order valence-electron chi connectivity index (χ4n) is 2.01. The van der Waals surface area contributed by atoms with Crippen LogP contribution in [0, 0.1) is 0 Å². The van der Waals surface area contributed by atoms with Crippen LogP contribution in [0.1, 0.15) is 30.5 Å². The molecule has 0 aliphatic rings. The number of benzene rings is 1. The SMILES string of the molecule is CC(NCCCn1ccnn1)c1cccc(C(F)(F)F)c1. The normalized spacial score (nSPS) is 13.3. The molecule has 1 N–H and O–H groups in total. The molecule has 1 aromatic carbocycles. The van der Waals surface area contributed by atoms with E-state index in [1.807, 2.05) is 6.92 Å². The van der Waals surface area contributed by atoms with E-state index < -0.39 is 11.7 Å². The maximum absolute atomic E-state index is 12.7. The van der Waals surface area contributed by atoms with E-state index in [-0.39, 0.29) is 6.04 Å². The number of rotatable bonds is 6. The van der Waals surface area contributed by atoms with Crippen molar-refractivity contribution in [2.24, 2.45) is 0 Å². The third kappa shape index (κ3) is 4.56. The van der Waals surface area contributed by atoms with Gasteiger partial charge in [-0.05, 0) is 37.6 Å². The third-order valence-corrected chi connectivity index (χ3v) is 3.20. The van der Waals surface area contributed by atoms with Crippen LogP contribution in [0.3, 0.4) is 0 Å².